The van der Waals surface area contributed by atoms with Crippen LogP contribution in [0.25, 0.3) is 10.9 Å². The van der Waals surface area contributed by atoms with E-state index in [4.69, 9.17) is 11.6 Å². The molecule has 3 aromatic rings. The summed E-state index contributed by atoms with van der Waals surface area (Å²) in [6, 6.07) is 6.88. The first-order valence-corrected chi connectivity index (χ1v) is 9.22. The van der Waals surface area contributed by atoms with Gasteiger partial charge in [0.05, 0.1) is 0 Å². The third-order valence-electron chi connectivity index (χ3n) is 3.17. The number of hydrogen-bond donors (Lipinski definition) is 2. The molecule has 0 saturated carbocycles. The molecule has 0 amide bonds. The topological polar surface area (TPSA) is 74.8 Å². The summed E-state index contributed by atoms with van der Waals surface area (Å²) in [5, 5.41) is 1.13. The van der Waals surface area contributed by atoms with E-state index in [0.717, 1.165) is 9.13 Å². The van der Waals surface area contributed by atoms with Crippen LogP contribution < -0.4 is 4.72 Å². The number of sulfonamides is 1. The molecule has 0 bridgehead atoms. The van der Waals surface area contributed by atoms with Gasteiger partial charge in [-0.1, -0.05) is 11.6 Å². The van der Waals surface area contributed by atoms with Crippen molar-refractivity contribution in [3.8, 4) is 0 Å². The van der Waals surface area contributed by atoms with E-state index in [2.05, 4.69) is 37.3 Å². The first-order valence-electron chi connectivity index (χ1n) is 6.28. The van der Waals surface area contributed by atoms with Gasteiger partial charge in [0, 0.05) is 31.9 Å². The molecule has 2 N–H and O–H groups in total. The lowest BCUT2D eigenvalue weighted by atomic mass is 10.2. The van der Waals surface area contributed by atoms with Crippen LogP contribution in [0.5, 0.6) is 0 Å². The van der Waals surface area contributed by atoms with Gasteiger partial charge < -0.3 is 4.98 Å². The van der Waals surface area contributed by atoms with Crippen LogP contribution in [-0.2, 0) is 10.0 Å². The second kappa shape index (κ2) is 5.71. The molecule has 0 aliphatic carbocycles. The van der Waals surface area contributed by atoms with Gasteiger partial charge in [0.25, 0.3) is 10.0 Å². The highest BCUT2D eigenvalue weighted by Gasteiger charge is 2.20. The van der Waals surface area contributed by atoms with Crippen molar-refractivity contribution >= 4 is 60.9 Å². The van der Waals surface area contributed by atoms with Crippen LogP contribution in [0.4, 0.5) is 5.82 Å². The average Bonchev–Trinajstić information content (AvgIpc) is 2.85. The van der Waals surface area contributed by atoms with Crippen molar-refractivity contribution in [1.82, 2.24) is 9.97 Å². The van der Waals surface area contributed by atoms with Gasteiger partial charge in [-0.25, -0.2) is 13.4 Å². The number of H-pyrrole nitrogens is 1. The zero-order valence-electron chi connectivity index (χ0n) is 11.4. The summed E-state index contributed by atoms with van der Waals surface area (Å²) in [7, 11) is -3.73. The van der Waals surface area contributed by atoms with E-state index in [1.807, 2.05) is 13.0 Å². The number of aromatic nitrogens is 2. The summed E-state index contributed by atoms with van der Waals surface area (Å²) in [4.78, 5) is 7.22. The molecule has 0 aliphatic rings. The van der Waals surface area contributed by atoms with E-state index in [9.17, 15) is 8.42 Å². The summed E-state index contributed by atoms with van der Waals surface area (Å²) >= 11 is 8.04. The monoisotopic (exact) mass is 447 g/mol. The third-order valence-corrected chi connectivity index (χ3v) is 5.38. The fourth-order valence-electron chi connectivity index (χ4n) is 2.12. The van der Waals surface area contributed by atoms with Gasteiger partial charge in [0.1, 0.15) is 10.7 Å². The van der Waals surface area contributed by atoms with Crippen LogP contribution in [-0.4, -0.2) is 18.4 Å². The second-order valence-corrected chi connectivity index (χ2v) is 8.10. The molecule has 5 nitrogen and oxygen atoms in total. The quantitative estimate of drug-likeness (QED) is 0.598. The molecule has 3 rings (SSSR count). The first-order chi connectivity index (χ1) is 10.4. The molecule has 0 aliphatic heterocycles. The minimum Gasteiger partial charge on any atom is -0.360 e. The van der Waals surface area contributed by atoms with Crippen LogP contribution in [0.2, 0.25) is 5.02 Å². The minimum atomic E-state index is -3.73. The molecule has 2 aromatic heterocycles. The Bertz CT molecular complexity index is 969. The molecule has 0 unspecified atom stereocenters. The van der Waals surface area contributed by atoms with Gasteiger partial charge in [0.2, 0.25) is 0 Å². The Morgan fingerprint density at radius 2 is 2.09 bits per heavy atom. The first kappa shape index (κ1) is 15.6. The fourth-order valence-corrected chi connectivity index (χ4v) is 4.16. The number of hydrogen-bond acceptors (Lipinski definition) is 3. The molecule has 0 saturated heterocycles. The predicted molar refractivity (Wildman–Crippen MR) is 95.8 cm³/mol. The number of rotatable bonds is 3. The summed E-state index contributed by atoms with van der Waals surface area (Å²) in [5.41, 5.74) is 1.43. The zero-order chi connectivity index (χ0) is 15.9. The number of aromatic amines is 1. The van der Waals surface area contributed by atoms with Crippen molar-refractivity contribution in [2.24, 2.45) is 0 Å². The molecule has 0 radical (unpaired) electrons. The summed E-state index contributed by atoms with van der Waals surface area (Å²) in [5.74, 6) is 0.323. The smallest absolute Gasteiger partial charge is 0.265 e. The Hall–Kier alpha value is -1.32. The second-order valence-electron chi connectivity index (χ2n) is 4.77. The van der Waals surface area contributed by atoms with Crippen molar-refractivity contribution in [2.75, 3.05) is 4.72 Å². The normalized spacial score (nSPS) is 11.8. The predicted octanol–water partition coefficient (Wildman–Crippen LogP) is 3.93. The van der Waals surface area contributed by atoms with E-state index >= 15 is 0 Å². The van der Waals surface area contributed by atoms with Crippen LogP contribution >= 0.6 is 34.2 Å². The third kappa shape index (κ3) is 2.92. The van der Waals surface area contributed by atoms with Gasteiger partial charge >= 0.3 is 0 Å². The lowest BCUT2D eigenvalue weighted by Gasteiger charge is -2.09. The van der Waals surface area contributed by atoms with Crippen molar-refractivity contribution in [3.05, 3.63) is 50.8 Å². The Morgan fingerprint density at radius 3 is 2.82 bits per heavy atom. The summed E-state index contributed by atoms with van der Waals surface area (Å²) in [6.45, 7) is 1.81. The lowest BCUT2D eigenvalue weighted by molar-refractivity contribution is 0.602. The van der Waals surface area contributed by atoms with Crippen molar-refractivity contribution in [3.63, 3.8) is 0 Å². The standard InChI is InChI=1S/C14H11ClIN3O2S/c1-8-4-10(16)6-18-14(8)19-22(20,21)13-7-17-12-5-9(15)2-3-11(12)13/h2-7,17H,1H3,(H,18,19). The van der Waals surface area contributed by atoms with E-state index in [0.29, 0.717) is 21.7 Å². The molecule has 1 aromatic carbocycles. The Kier molecular flexibility index (Phi) is 4.04. The van der Waals surface area contributed by atoms with Crippen molar-refractivity contribution in [2.45, 2.75) is 11.8 Å². The number of halogens is 2. The molecule has 0 spiro atoms. The molecule has 0 atom stereocenters. The lowest BCUT2D eigenvalue weighted by Crippen LogP contribution is -2.14. The minimum absolute atomic E-state index is 0.166. The highest BCUT2D eigenvalue weighted by molar-refractivity contribution is 14.1. The van der Waals surface area contributed by atoms with Crippen LogP contribution in [0.3, 0.4) is 0 Å². The van der Waals surface area contributed by atoms with E-state index in [1.165, 1.54) is 6.20 Å². The average molecular weight is 448 g/mol. The van der Waals surface area contributed by atoms with Gasteiger partial charge in [-0.05, 0) is 59.3 Å². The number of nitrogens with one attached hydrogen (secondary N) is 2. The van der Waals surface area contributed by atoms with E-state index < -0.39 is 10.0 Å². The van der Waals surface area contributed by atoms with Gasteiger partial charge in [-0.15, -0.1) is 0 Å². The maximum absolute atomic E-state index is 12.6. The SMILES string of the molecule is Cc1cc(I)cnc1NS(=O)(=O)c1c[nH]c2cc(Cl)ccc12. The number of benzene rings is 1. The van der Waals surface area contributed by atoms with Gasteiger partial charge in [0.15, 0.2) is 0 Å². The molecule has 0 fully saturated rings. The Morgan fingerprint density at radius 1 is 1.32 bits per heavy atom. The highest BCUT2D eigenvalue weighted by atomic mass is 127. The Labute approximate surface area is 146 Å². The van der Waals surface area contributed by atoms with Crippen LogP contribution in [0.15, 0.2) is 41.6 Å². The molecular formula is C14H11ClIN3O2S. The Balaban J connectivity index is 2.05. The fraction of sp³-hybridized carbons (Fsp3) is 0.0714. The number of pyridine rings is 1. The van der Waals surface area contributed by atoms with Crippen LogP contribution in [0, 0.1) is 10.5 Å². The molecular weight excluding hydrogens is 437 g/mol. The number of nitrogens with zero attached hydrogens (tertiary/aromatic N) is 1. The molecule has 2 heterocycles. The highest BCUT2D eigenvalue weighted by Crippen LogP contribution is 2.27. The number of anilines is 1. The van der Waals surface area contributed by atoms with Crippen LogP contribution in [0.1, 0.15) is 5.56 Å². The number of aryl methyl sites for hydroxylation is 1. The van der Waals surface area contributed by atoms with Gasteiger partial charge in [-0.2, -0.15) is 0 Å². The largest absolute Gasteiger partial charge is 0.360 e. The summed E-state index contributed by atoms with van der Waals surface area (Å²) in [6.07, 6.45) is 3.06. The van der Waals surface area contributed by atoms with Crippen molar-refractivity contribution < 1.29 is 8.42 Å². The van der Waals surface area contributed by atoms with E-state index in [-0.39, 0.29) is 4.90 Å². The van der Waals surface area contributed by atoms with E-state index in [1.54, 1.807) is 24.4 Å². The number of fused-ring (bicyclic) bond motifs is 1. The van der Waals surface area contributed by atoms with Crippen molar-refractivity contribution in [1.29, 1.82) is 0 Å². The summed E-state index contributed by atoms with van der Waals surface area (Å²) < 4.78 is 28.7. The molecule has 22 heavy (non-hydrogen) atoms. The molecule has 114 valence electrons. The maximum Gasteiger partial charge on any atom is 0.265 e. The zero-order valence-corrected chi connectivity index (χ0v) is 15.1. The molecule has 8 heteroatoms. The van der Waals surface area contributed by atoms with Gasteiger partial charge in [-0.3, -0.25) is 4.72 Å². The maximum atomic E-state index is 12.6.